The maximum Gasteiger partial charge on any atom is 0.115 e. The van der Waals surface area contributed by atoms with Crippen LogP contribution in [-0.2, 0) is 11.2 Å². The van der Waals surface area contributed by atoms with E-state index in [9.17, 15) is 5.11 Å². The van der Waals surface area contributed by atoms with Gasteiger partial charge in [0, 0.05) is 11.4 Å². The molecule has 0 aliphatic carbocycles. The molecule has 2 unspecified atom stereocenters. The Labute approximate surface area is 98.4 Å². The predicted octanol–water partition coefficient (Wildman–Crippen LogP) is 2.73. The molecule has 1 heterocycles. The van der Waals surface area contributed by atoms with E-state index in [1.165, 1.54) is 5.56 Å². The van der Waals surface area contributed by atoms with Crippen molar-refractivity contribution in [3.05, 3.63) is 29.8 Å². The van der Waals surface area contributed by atoms with Crippen LogP contribution in [0.15, 0.2) is 24.3 Å². The first-order valence-corrected chi connectivity index (χ1v) is 6.17. The molecule has 2 nitrogen and oxygen atoms in total. The van der Waals surface area contributed by atoms with E-state index < -0.39 is 0 Å². The van der Waals surface area contributed by atoms with E-state index in [0.717, 1.165) is 26.1 Å². The Hall–Kier alpha value is -0.540. The van der Waals surface area contributed by atoms with E-state index in [-0.39, 0.29) is 0 Å². The number of aromatic hydroxyl groups is 1. The second-order valence-corrected chi connectivity index (χ2v) is 5.19. The summed E-state index contributed by atoms with van der Waals surface area (Å²) in [5, 5.41) is 9.18. The Kier molecular flexibility index (Phi) is 3.65. The molecule has 0 aromatic heterocycles. The number of hydrogen-bond acceptors (Lipinski definition) is 2. The van der Waals surface area contributed by atoms with Gasteiger partial charge in [-0.05, 0) is 36.5 Å². The SMILES string of the molecule is Oc1ccc(CC2COCCC2Br)cc1. The van der Waals surface area contributed by atoms with Crippen LogP contribution in [0.1, 0.15) is 12.0 Å². The lowest BCUT2D eigenvalue weighted by molar-refractivity contribution is 0.0605. The lowest BCUT2D eigenvalue weighted by Crippen LogP contribution is -2.29. The van der Waals surface area contributed by atoms with Gasteiger partial charge in [0.05, 0.1) is 6.61 Å². The first-order valence-electron chi connectivity index (χ1n) is 5.25. The fourth-order valence-corrected chi connectivity index (χ4v) is 2.42. The van der Waals surface area contributed by atoms with Crippen LogP contribution in [0.3, 0.4) is 0 Å². The molecule has 2 atom stereocenters. The largest absolute Gasteiger partial charge is 0.508 e. The highest BCUT2D eigenvalue weighted by molar-refractivity contribution is 9.09. The Bertz CT molecular complexity index is 310. The zero-order valence-electron chi connectivity index (χ0n) is 8.53. The van der Waals surface area contributed by atoms with Gasteiger partial charge in [0.25, 0.3) is 0 Å². The third kappa shape index (κ3) is 2.95. The lowest BCUT2D eigenvalue weighted by atomic mass is 9.94. The Morgan fingerprint density at radius 1 is 1.33 bits per heavy atom. The standard InChI is InChI=1S/C12H15BrO2/c13-12-5-6-15-8-10(12)7-9-1-3-11(14)4-2-9/h1-4,10,12,14H,5-8H2. The minimum absolute atomic E-state index is 0.328. The summed E-state index contributed by atoms with van der Waals surface area (Å²) < 4.78 is 5.47. The molecule has 82 valence electrons. The van der Waals surface area contributed by atoms with E-state index >= 15 is 0 Å². The van der Waals surface area contributed by atoms with E-state index in [4.69, 9.17) is 4.74 Å². The van der Waals surface area contributed by atoms with E-state index in [1.807, 2.05) is 12.1 Å². The van der Waals surface area contributed by atoms with Crippen molar-refractivity contribution < 1.29 is 9.84 Å². The predicted molar refractivity (Wildman–Crippen MR) is 63.5 cm³/mol. The topological polar surface area (TPSA) is 29.5 Å². The highest BCUT2D eigenvalue weighted by Gasteiger charge is 2.23. The molecule has 0 saturated carbocycles. The molecule has 2 rings (SSSR count). The molecule has 1 aromatic rings. The van der Waals surface area contributed by atoms with Gasteiger partial charge < -0.3 is 9.84 Å². The van der Waals surface area contributed by atoms with Gasteiger partial charge in [0.1, 0.15) is 5.75 Å². The molecule has 0 radical (unpaired) electrons. The average molecular weight is 271 g/mol. The summed E-state index contributed by atoms with van der Waals surface area (Å²) in [6, 6.07) is 7.43. The molecule has 3 heteroatoms. The highest BCUT2D eigenvalue weighted by atomic mass is 79.9. The molecule has 1 saturated heterocycles. The van der Waals surface area contributed by atoms with E-state index in [2.05, 4.69) is 15.9 Å². The fourth-order valence-electron chi connectivity index (χ4n) is 1.89. The van der Waals surface area contributed by atoms with Crippen molar-refractivity contribution in [3.63, 3.8) is 0 Å². The van der Waals surface area contributed by atoms with E-state index in [0.29, 0.717) is 16.5 Å². The van der Waals surface area contributed by atoms with Crippen molar-refractivity contribution >= 4 is 15.9 Å². The number of hydrogen-bond donors (Lipinski definition) is 1. The molecule has 1 aromatic carbocycles. The molecule has 0 bridgehead atoms. The van der Waals surface area contributed by atoms with Gasteiger partial charge in [-0.25, -0.2) is 0 Å². The fraction of sp³-hybridized carbons (Fsp3) is 0.500. The lowest BCUT2D eigenvalue weighted by Gasteiger charge is -2.27. The summed E-state index contributed by atoms with van der Waals surface area (Å²) in [5.41, 5.74) is 1.26. The third-order valence-electron chi connectivity index (χ3n) is 2.82. The van der Waals surface area contributed by atoms with Crippen molar-refractivity contribution in [1.82, 2.24) is 0 Å². The smallest absolute Gasteiger partial charge is 0.115 e. The van der Waals surface area contributed by atoms with Crippen molar-refractivity contribution in [2.24, 2.45) is 5.92 Å². The molecule has 1 aliphatic heterocycles. The second kappa shape index (κ2) is 4.99. The Morgan fingerprint density at radius 3 is 2.73 bits per heavy atom. The number of phenols is 1. The van der Waals surface area contributed by atoms with Gasteiger partial charge in [-0.15, -0.1) is 0 Å². The van der Waals surface area contributed by atoms with Gasteiger partial charge in [0.15, 0.2) is 0 Å². The quantitative estimate of drug-likeness (QED) is 0.838. The summed E-state index contributed by atoms with van der Waals surface area (Å²) in [4.78, 5) is 0.556. The van der Waals surface area contributed by atoms with Crippen LogP contribution in [0.4, 0.5) is 0 Å². The van der Waals surface area contributed by atoms with Crippen LogP contribution in [0.5, 0.6) is 5.75 Å². The minimum atomic E-state index is 0.328. The van der Waals surface area contributed by atoms with Crippen molar-refractivity contribution in [2.75, 3.05) is 13.2 Å². The van der Waals surface area contributed by atoms with E-state index in [1.54, 1.807) is 12.1 Å². The molecule has 1 N–H and O–H groups in total. The zero-order valence-corrected chi connectivity index (χ0v) is 10.1. The van der Waals surface area contributed by atoms with Gasteiger partial charge >= 0.3 is 0 Å². The maximum absolute atomic E-state index is 9.18. The maximum atomic E-state index is 9.18. The van der Waals surface area contributed by atoms with Crippen molar-refractivity contribution in [2.45, 2.75) is 17.7 Å². The van der Waals surface area contributed by atoms with Crippen LogP contribution in [0, 0.1) is 5.92 Å². The van der Waals surface area contributed by atoms with Gasteiger partial charge in [-0.1, -0.05) is 28.1 Å². The van der Waals surface area contributed by atoms with Crippen LogP contribution in [0.25, 0.3) is 0 Å². The van der Waals surface area contributed by atoms with Crippen molar-refractivity contribution in [3.8, 4) is 5.75 Å². The molecule has 1 fully saturated rings. The molecule has 15 heavy (non-hydrogen) atoms. The third-order valence-corrected chi connectivity index (χ3v) is 4.02. The molecular weight excluding hydrogens is 256 g/mol. The molecular formula is C12H15BrO2. The summed E-state index contributed by atoms with van der Waals surface area (Å²) >= 11 is 3.70. The molecule has 1 aliphatic rings. The summed E-state index contributed by atoms with van der Waals surface area (Å²) in [7, 11) is 0. The van der Waals surface area contributed by atoms with Crippen LogP contribution in [-0.4, -0.2) is 23.1 Å². The minimum Gasteiger partial charge on any atom is -0.508 e. The zero-order chi connectivity index (χ0) is 10.7. The normalized spacial score (nSPS) is 26.5. The van der Waals surface area contributed by atoms with Crippen molar-refractivity contribution in [1.29, 1.82) is 0 Å². The average Bonchev–Trinajstić information content (AvgIpc) is 2.25. The number of alkyl halides is 1. The van der Waals surface area contributed by atoms with Gasteiger partial charge in [-0.3, -0.25) is 0 Å². The first kappa shape index (κ1) is 11.0. The van der Waals surface area contributed by atoms with Crippen LogP contribution < -0.4 is 0 Å². The van der Waals surface area contributed by atoms with Gasteiger partial charge in [0.2, 0.25) is 0 Å². The van der Waals surface area contributed by atoms with Gasteiger partial charge in [-0.2, -0.15) is 0 Å². The summed E-state index contributed by atoms with van der Waals surface area (Å²) in [6.45, 7) is 1.69. The summed E-state index contributed by atoms with van der Waals surface area (Å²) in [5.74, 6) is 0.873. The molecule has 0 spiro atoms. The number of benzene rings is 1. The highest BCUT2D eigenvalue weighted by Crippen LogP contribution is 2.26. The Balaban J connectivity index is 1.98. The first-order chi connectivity index (χ1) is 7.25. The van der Waals surface area contributed by atoms with Crippen LogP contribution in [0.2, 0.25) is 0 Å². The Morgan fingerprint density at radius 2 is 2.07 bits per heavy atom. The number of phenolic OH excluding ortho intramolecular Hbond substituents is 1. The number of halogens is 1. The monoisotopic (exact) mass is 270 g/mol. The molecule has 0 amide bonds. The second-order valence-electron chi connectivity index (χ2n) is 4.01. The number of rotatable bonds is 2. The number of ether oxygens (including phenoxy) is 1. The summed E-state index contributed by atoms with van der Waals surface area (Å²) in [6.07, 6.45) is 2.10. The van der Waals surface area contributed by atoms with Crippen LogP contribution >= 0.6 is 15.9 Å².